The first-order chi connectivity index (χ1) is 42.5. The Bertz CT molecular complexity index is 4010. The maximum absolute atomic E-state index is 12.0. The monoisotopic (exact) mass is 1110 g/mol. The van der Waals surface area contributed by atoms with Gasteiger partial charge in [0.2, 0.25) is 0 Å². The lowest BCUT2D eigenvalue weighted by Gasteiger charge is -2.28. The van der Waals surface area contributed by atoms with Crippen molar-refractivity contribution in [2.24, 2.45) is 9.98 Å². The normalized spacial score (nSPS) is 11.3. The second-order valence-electron chi connectivity index (χ2n) is 20.9. The average molecular weight is 1110 g/mol. The quantitative estimate of drug-likeness (QED) is 0.0946. The zero-order chi connectivity index (χ0) is 58.0. The molecule has 6 nitrogen and oxygen atoms in total. The lowest BCUT2D eigenvalue weighted by Crippen LogP contribution is -2.10. The van der Waals surface area contributed by atoms with Crippen molar-refractivity contribution in [3.63, 3.8) is 0 Å². The number of phenolic OH excluding ortho intramolecular Hbond substituents is 2. The van der Waals surface area contributed by atoms with Crippen LogP contribution in [0.5, 0.6) is 11.5 Å². The van der Waals surface area contributed by atoms with E-state index in [4.69, 9.17) is 9.98 Å². The summed E-state index contributed by atoms with van der Waals surface area (Å²) in [5, 5.41) is 24.0. The number of hydrogen-bond donors (Lipinski definition) is 2. The maximum atomic E-state index is 12.0. The second-order valence-corrected chi connectivity index (χ2v) is 20.9. The molecule has 13 aromatic rings. The van der Waals surface area contributed by atoms with Gasteiger partial charge in [0, 0.05) is 57.7 Å². The molecule has 0 fully saturated rings. The molecule has 0 aromatic heterocycles. The number of nitrogens with zero attached hydrogens (tertiary/aromatic N) is 4. The van der Waals surface area contributed by atoms with E-state index in [0.717, 1.165) is 101 Å². The molecule has 86 heavy (non-hydrogen) atoms. The van der Waals surface area contributed by atoms with Crippen molar-refractivity contribution in [2.45, 2.75) is 0 Å². The molecule has 13 rings (SSSR count). The van der Waals surface area contributed by atoms with Crippen LogP contribution in [-0.2, 0) is 0 Å². The fourth-order valence-electron chi connectivity index (χ4n) is 11.3. The van der Waals surface area contributed by atoms with Crippen molar-refractivity contribution in [3.8, 4) is 78.3 Å². The summed E-state index contributed by atoms with van der Waals surface area (Å²) in [4.78, 5) is 14.4. The molecule has 0 aliphatic carbocycles. The summed E-state index contributed by atoms with van der Waals surface area (Å²) in [5.41, 5.74) is 20.4. The van der Waals surface area contributed by atoms with E-state index < -0.39 is 0 Å². The predicted octanol–water partition coefficient (Wildman–Crippen LogP) is 21.5. The van der Waals surface area contributed by atoms with Crippen molar-refractivity contribution in [3.05, 3.63) is 339 Å². The van der Waals surface area contributed by atoms with Gasteiger partial charge >= 0.3 is 0 Å². The SMILES string of the molecule is Oc1cc(-c2c(-c3ccccc3)cc(N(c3ccccc3)c3ccccc3)cc2-c2ccccc2)ccc1C=Nc1ccccc1N=Cc1ccc(-c2c(-c3ccccc3)cc(N(c3ccccc3)c3ccccc3)cc2-c2ccccc2)cc1O. The van der Waals surface area contributed by atoms with Crippen molar-refractivity contribution < 1.29 is 10.2 Å². The Kier molecular flexibility index (Phi) is 15.5. The van der Waals surface area contributed by atoms with Crippen molar-refractivity contribution in [1.82, 2.24) is 0 Å². The molecule has 13 aromatic carbocycles. The Balaban J connectivity index is 0.843. The van der Waals surface area contributed by atoms with Crippen molar-refractivity contribution in [1.29, 1.82) is 0 Å². The van der Waals surface area contributed by atoms with Crippen LogP contribution in [0.3, 0.4) is 0 Å². The largest absolute Gasteiger partial charge is 0.507 e. The van der Waals surface area contributed by atoms with Crippen LogP contribution in [0.15, 0.2) is 338 Å². The molecule has 0 atom stereocenters. The van der Waals surface area contributed by atoms with E-state index >= 15 is 0 Å². The maximum Gasteiger partial charge on any atom is 0.124 e. The smallest absolute Gasteiger partial charge is 0.124 e. The van der Waals surface area contributed by atoms with Gasteiger partial charge in [-0.15, -0.1) is 0 Å². The van der Waals surface area contributed by atoms with Crippen LogP contribution in [0.2, 0.25) is 0 Å². The molecule has 0 radical (unpaired) electrons. The molecule has 0 saturated carbocycles. The average Bonchev–Trinajstić information content (AvgIpc) is 1.27. The minimum atomic E-state index is 0.0831. The van der Waals surface area contributed by atoms with Crippen LogP contribution < -0.4 is 9.80 Å². The Morgan fingerprint density at radius 2 is 0.477 bits per heavy atom. The highest BCUT2D eigenvalue weighted by Gasteiger charge is 2.24. The first-order valence-electron chi connectivity index (χ1n) is 28.7. The minimum Gasteiger partial charge on any atom is -0.507 e. The van der Waals surface area contributed by atoms with Gasteiger partial charge in [-0.25, -0.2) is 0 Å². The van der Waals surface area contributed by atoms with Gasteiger partial charge in [-0.2, -0.15) is 0 Å². The highest BCUT2D eigenvalue weighted by molar-refractivity contribution is 6.02. The van der Waals surface area contributed by atoms with E-state index in [1.165, 1.54) is 0 Å². The van der Waals surface area contributed by atoms with E-state index in [1.807, 2.05) is 97.1 Å². The summed E-state index contributed by atoms with van der Waals surface area (Å²) in [6.45, 7) is 0. The van der Waals surface area contributed by atoms with E-state index in [1.54, 1.807) is 12.4 Å². The lowest BCUT2D eigenvalue weighted by atomic mass is 9.86. The number of phenols is 2. The van der Waals surface area contributed by atoms with Crippen LogP contribution in [0, 0.1) is 0 Å². The Morgan fingerprint density at radius 1 is 0.233 bits per heavy atom. The third kappa shape index (κ3) is 11.5. The van der Waals surface area contributed by atoms with Gasteiger partial charge in [0.15, 0.2) is 0 Å². The number of anilines is 6. The number of para-hydroxylation sites is 6. The molecule has 0 unspecified atom stereocenters. The van der Waals surface area contributed by atoms with Crippen molar-refractivity contribution in [2.75, 3.05) is 9.80 Å². The van der Waals surface area contributed by atoms with Gasteiger partial charge in [0.1, 0.15) is 11.5 Å². The molecule has 0 bridgehead atoms. The topological polar surface area (TPSA) is 71.7 Å². The molecule has 0 spiro atoms. The molecular weight excluding hydrogens is 1050 g/mol. The molecule has 2 N–H and O–H groups in total. The number of rotatable bonds is 16. The first-order valence-corrected chi connectivity index (χ1v) is 28.7. The Morgan fingerprint density at radius 3 is 0.733 bits per heavy atom. The van der Waals surface area contributed by atoms with Gasteiger partial charge in [-0.1, -0.05) is 218 Å². The standard InChI is InChI=1S/C80H58N4O2/c85-77-49-61(79-71(57-27-9-1-10-28-57)51-69(52-72(79)58-29-11-2-12-30-58)83(65-35-17-5-18-36-65)66-37-19-6-20-38-66)45-47-63(77)55-81-75-43-25-26-44-76(75)82-56-64-48-46-62(50-78(64)86)80-73(59-31-13-3-14-32-59)53-70(54-74(80)60-33-15-4-16-34-60)84(67-39-21-7-22-40-67)68-41-23-8-24-42-68/h1-56,85-86H. The molecule has 0 saturated heterocycles. The fourth-order valence-corrected chi connectivity index (χ4v) is 11.3. The van der Waals surface area contributed by atoms with E-state index in [9.17, 15) is 10.2 Å². The van der Waals surface area contributed by atoms with Crippen LogP contribution in [0.4, 0.5) is 45.5 Å². The zero-order valence-corrected chi connectivity index (χ0v) is 47.0. The lowest BCUT2D eigenvalue weighted by molar-refractivity contribution is 0.474. The number of benzene rings is 13. The first kappa shape index (κ1) is 53.7. The molecular formula is C80H58N4O2. The predicted molar refractivity (Wildman–Crippen MR) is 359 cm³/mol. The third-order valence-corrected chi connectivity index (χ3v) is 15.4. The van der Waals surface area contributed by atoms with E-state index in [0.29, 0.717) is 22.5 Å². The minimum absolute atomic E-state index is 0.0831. The summed E-state index contributed by atoms with van der Waals surface area (Å²) in [5.74, 6) is 0.166. The van der Waals surface area contributed by atoms with E-state index in [2.05, 4.69) is 240 Å². The summed E-state index contributed by atoms with van der Waals surface area (Å²) < 4.78 is 0. The molecule has 0 aliphatic rings. The van der Waals surface area contributed by atoms with Crippen LogP contribution in [0.25, 0.3) is 66.8 Å². The van der Waals surface area contributed by atoms with Gasteiger partial charge in [0.25, 0.3) is 0 Å². The Labute approximate surface area is 502 Å². The van der Waals surface area contributed by atoms with Crippen molar-refractivity contribution >= 4 is 57.9 Å². The molecule has 0 aliphatic heterocycles. The van der Waals surface area contributed by atoms with E-state index in [-0.39, 0.29) is 11.5 Å². The van der Waals surface area contributed by atoms with Gasteiger partial charge in [-0.05, 0) is 176 Å². The number of hydrogen-bond acceptors (Lipinski definition) is 6. The van der Waals surface area contributed by atoms with Crippen LogP contribution in [0.1, 0.15) is 11.1 Å². The summed E-state index contributed by atoms with van der Waals surface area (Å²) in [6.07, 6.45) is 3.35. The Hall–Kier alpha value is -11.6. The number of aliphatic imine (C=N–C) groups is 2. The molecule has 0 amide bonds. The number of aromatic hydroxyl groups is 2. The highest BCUT2D eigenvalue weighted by Crippen LogP contribution is 2.49. The molecule has 410 valence electrons. The van der Waals surface area contributed by atoms with Gasteiger partial charge < -0.3 is 20.0 Å². The second kappa shape index (κ2) is 24.9. The fraction of sp³-hybridized carbons (Fsp3) is 0. The van der Waals surface area contributed by atoms with Gasteiger partial charge in [0.05, 0.1) is 11.4 Å². The summed E-state index contributed by atoms with van der Waals surface area (Å²) >= 11 is 0. The van der Waals surface area contributed by atoms with Gasteiger partial charge in [-0.3, -0.25) is 9.98 Å². The molecule has 6 heteroatoms. The zero-order valence-electron chi connectivity index (χ0n) is 47.0. The summed E-state index contributed by atoms with van der Waals surface area (Å²) in [7, 11) is 0. The summed E-state index contributed by atoms with van der Waals surface area (Å²) in [6, 6.07) is 112. The highest BCUT2D eigenvalue weighted by atomic mass is 16.3. The van der Waals surface area contributed by atoms with Crippen LogP contribution in [-0.4, -0.2) is 22.6 Å². The third-order valence-electron chi connectivity index (χ3n) is 15.4. The molecule has 0 heterocycles. The van der Waals surface area contributed by atoms with Crippen LogP contribution >= 0.6 is 0 Å².